The fraction of sp³-hybridized carbons (Fsp3) is 0.690. The minimum absolute atomic E-state index is 0.0980. The molecule has 12 nitrogen and oxygen atoms in total. The fourth-order valence-corrected chi connectivity index (χ4v) is 7.16. The summed E-state index contributed by atoms with van der Waals surface area (Å²) in [6, 6.07) is 5.59. The number of alkyl carbamates (subject to hydrolysis) is 1. The van der Waals surface area contributed by atoms with E-state index < -0.39 is 49.5 Å². The van der Waals surface area contributed by atoms with Gasteiger partial charge < -0.3 is 39.5 Å². The average Bonchev–Trinajstić information content (AvgIpc) is 2.94. The Balaban J connectivity index is 2.35. The van der Waals surface area contributed by atoms with Crippen molar-refractivity contribution in [2.75, 3.05) is 27.3 Å². The summed E-state index contributed by atoms with van der Waals surface area (Å²) in [7, 11) is -1.35. The Morgan fingerprint density at radius 3 is 2.33 bits per heavy atom. The molecule has 0 aromatic heterocycles. The standard InChI is InChI=1S/C29H47ClN3O9P/c1-6-41-43(39,42-7-2)26(36)29(38,17-14-24(34)33(4)5)32-25(35)23(19-28(3)15-9-8-10-16-28)31-27(37)40-20-21-12-11-13-22(30)18-21/h11-13,18,23,26,36,38H,6-10,14-17,19-20H2,1-5H3,(H,31,37)(H,32,35). The van der Waals surface area contributed by atoms with Crippen molar-refractivity contribution in [3.63, 3.8) is 0 Å². The maximum absolute atomic E-state index is 13.8. The molecular formula is C29H47ClN3O9P. The number of carbonyl (C=O) groups is 3. The smallest absolute Gasteiger partial charge is 0.408 e. The van der Waals surface area contributed by atoms with Crippen LogP contribution in [0.1, 0.15) is 77.7 Å². The third-order valence-electron chi connectivity index (χ3n) is 7.53. The SMILES string of the molecule is CCOP(=O)(OCC)C(O)C(O)(CCC(=O)N(C)C)NC(=O)C(CC1(C)CCCCC1)NC(=O)OCc1cccc(Cl)c1. The van der Waals surface area contributed by atoms with E-state index in [9.17, 15) is 29.2 Å². The maximum Gasteiger partial charge on any atom is 0.408 e. The Kier molecular flexibility index (Phi) is 14.4. The molecule has 4 N–H and O–H groups in total. The zero-order valence-electron chi connectivity index (χ0n) is 25.8. The van der Waals surface area contributed by atoms with E-state index in [1.807, 2.05) is 6.92 Å². The van der Waals surface area contributed by atoms with E-state index in [4.69, 9.17) is 25.4 Å². The quantitative estimate of drug-likeness (QED) is 0.149. The number of amides is 3. The number of aliphatic hydroxyl groups excluding tert-OH is 1. The Labute approximate surface area is 259 Å². The second-order valence-electron chi connectivity index (χ2n) is 11.4. The molecule has 0 bridgehead atoms. The summed E-state index contributed by atoms with van der Waals surface area (Å²) in [5.74, 6) is -3.50. The van der Waals surface area contributed by atoms with Crippen LogP contribution in [0.5, 0.6) is 0 Å². The lowest BCUT2D eigenvalue weighted by Crippen LogP contribution is -2.61. The Bertz CT molecular complexity index is 1120. The van der Waals surface area contributed by atoms with Gasteiger partial charge in [0.05, 0.1) is 13.2 Å². The normalized spacial score (nSPS) is 17.7. The summed E-state index contributed by atoms with van der Waals surface area (Å²) >= 11 is 6.02. The van der Waals surface area contributed by atoms with Crippen molar-refractivity contribution in [3.8, 4) is 0 Å². The molecule has 3 amide bonds. The number of carbonyl (C=O) groups excluding carboxylic acids is 3. The molecule has 1 saturated carbocycles. The van der Waals surface area contributed by atoms with Gasteiger partial charge in [0.2, 0.25) is 17.7 Å². The maximum atomic E-state index is 13.8. The first-order valence-corrected chi connectivity index (χ1v) is 16.6. The molecule has 14 heteroatoms. The van der Waals surface area contributed by atoms with E-state index in [-0.39, 0.29) is 38.1 Å². The van der Waals surface area contributed by atoms with E-state index in [1.165, 1.54) is 32.8 Å². The van der Waals surface area contributed by atoms with Crippen molar-refractivity contribution in [3.05, 3.63) is 34.9 Å². The van der Waals surface area contributed by atoms with Gasteiger partial charge in [0, 0.05) is 32.0 Å². The number of nitrogens with zero attached hydrogens (tertiary/aromatic N) is 1. The first-order chi connectivity index (χ1) is 20.2. The van der Waals surface area contributed by atoms with Gasteiger partial charge in [-0.1, -0.05) is 49.9 Å². The van der Waals surface area contributed by atoms with Crippen LogP contribution >= 0.6 is 19.2 Å². The minimum atomic E-state index is -4.38. The van der Waals surface area contributed by atoms with E-state index in [0.29, 0.717) is 10.6 Å². The molecule has 3 atom stereocenters. The number of hydrogen-bond donors (Lipinski definition) is 4. The summed E-state index contributed by atoms with van der Waals surface area (Å²) in [4.78, 5) is 40.4. The molecular weight excluding hydrogens is 601 g/mol. The van der Waals surface area contributed by atoms with Gasteiger partial charge in [-0.15, -0.1) is 0 Å². The van der Waals surface area contributed by atoms with E-state index >= 15 is 0 Å². The van der Waals surface area contributed by atoms with Crippen molar-refractivity contribution in [1.82, 2.24) is 15.5 Å². The number of aliphatic hydroxyl groups is 2. The van der Waals surface area contributed by atoms with Crippen LogP contribution in [-0.2, 0) is 34.5 Å². The minimum Gasteiger partial charge on any atom is -0.445 e. The van der Waals surface area contributed by atoms with Crippen molar-refractivity contribution in [2.45, 2.75) is 96.4 Å². The van der Waals surface area contributed by atoms with E-state index in [1.54, 1.807) is 24.3 Å². The van der Waals surface area contributed by atoms with Crippen LogP contribution < -0.4 is 10.6 Å². The van der Waals surface area contributed by atoms with Gasteiger partial charge in [0.25, 0.3) is 0 Å². The summed E-state index contributed by atoms with van der Waals surface area (Å²) in [5.41, 5.74) is -2.27. The van der Waals surface area contributed by atoms with Crippen molar-refractivity contribution < 1.29 is 42.9 Å². The van der Waals surface area contributed by atoms with E-state index in [0.717, 1.165) is 32.1 Å². The van der Waals surface area contributed by atoms with E-state index in [2.05, 4.69) is 10.6 Å². The molecule has 43 heavy (non-hydrogen) atoms. The second kappa shape index (κ2) is 16.7. The molecule has 1 aliphatic carbocycles. The third kappa shape index (κ3) is 11.3. The molecule has 0 heterocycles. The topological polar surface area (TPSA) is 164 Å². The van der Waals surface area contributed by atoms with Gasteiger partial charge >= 0.3 is 13.7 Å². The van der Waals surface area contributed by atoms with Gasteiger partial charge in [-0.2, -0.15) is 0 Å². The van der Waals surface area contributed by atoms with Crippen molar-refractivity contribution >= 4 is 37.1 Å². The first kappa shape index (κ1) is 37.0. The predicted octanol–water partition coefficient (Wildman–Crippen LogP) is 4.55. The lowest BCUT2D eigenvalue weighted by molar-refractivity contribution is -0.143. The molecule has 0 aliphatic heterocycles. The molecule has 1 aliphatic rings. The number of ether oxygens (including phenoxy) is 1. The molecule has 1 fully saturated rings. The van der Waals surface area contributed by atoms with Gasteiger partial charge in [-0.25, -0.2) is 4.79 Å². The number of halogens is 1. The van der Waals surface area contributed by atoms with Crippen LogP contribution in [0, 0.1) is 5.41 Å². The lowest BCUT2D eigenvalue weighted by Gasteiger charge is -2.39. The van der Waals surface area contributed by atoms with Crippen LogP contribution in [0.2, 0.25) is 5.02 Å². The first-order valence-electron chi connectivity index (χ1n) is 14.7. The van der Waals surface area contributed by atoms with Crippen LogP contribution in [0.25, 0.3) is 0 Å². The fourth-order valence-electron chi connectivity index (χ4n) is 5.15. The zero-order valence-corrected chi connectivity index (χ0v) is 27.4. The molecule has 244 valence electrons. The Morgan fingerprint density at radius 2 is 1.77 bits per heavy atom. The number of benzene rings is 1. The molecule has 0 saturated heterocycles. The summed E-state index contributed by atoms with van der Waals surface area (Å²) in [5, 5.41) is 28.3. The van der Waals surface area contributed by atoms with Crippen LogP contribution in [0.15, 0.2) is 24.3 Å². The monoisotopic (exact) mass is 647 g/mol. The van der Waals surface area contributed by atoms with Gasteiger partial charge in [-0.05, 0) is 56.2 Å². The Hall–Kier alpha value is -2.21. The van der Waals surface area contributed by atoms with Crippen molar-refractivity contribution in [1.29, 1.82) is 0 Å². The van der Waals surface area contributed by atoms with Crippen LogP contribution in [0.3, 0.4) is 0 Å². The number of rotatable bonds is 16. The second-order valence-corrected chi connectivity index (χ2v) is 14.0. The van der Waals surface area contributed by atoms with Gasteiger partial charge in [0.15, 0.2) is 5.72 Å². The van der Waals surface area contributed by atoms with Gasteiger partial charge in [0.1, 0.15) is 12.6 Å². The van der Waals surface area contributed by atoms with Gasteiger partial charge in [-0.3, -0.25) is 14.2 Å². The predicted molar refractivity (Wildman–Crippen MR) is 162 cm³/mol. The highest BCUT2D eigenvalue weighted by Crippen LogP contribution is 2.55. The molecule has 3 unspecified atom stereocenters. The highest BCUT2D eigenvalue weighted by atomic mass is 35.5. The highest BCUT2D eigenvalue weighted by Gasteiger charge is 2.51. The number of nitrogens with one attached hydrogen (secondary N) is 2. The van der Waals surface area contributed by atoms with Crippen molar-refractivity contribution in [2.24, 2.45) is 5.41 Å². The number of hydrogen-bond acceptors (Lipinski definition) is 9. The highest BCUT2D eigenvalue weighted by molar-refractivity contribution is 7.54. The largest absolute Gasteiger partial charge is 0.445 e. The molecule has 1 aromatic carbocycles. The van der Waals surface area contributed by atoms with Crippen LogP contribution in [0.4, 0.5) is 4.79 Å². The third-order valence-corrected chi connectivity index (χ3v) is 10.0. The summed E-state index contributed by atoms with van der Waals surface area (Å²) < 4.78 is 29.3. The Morgan fingerprint density at radius 1 is 1.14 bits per heavy atom. The molecule has 2 rings (SSSR count). The molecule has 0 spiro atoms. The summed E-state index contributed by atoms with van der Waals surface area (Å²) in [6.07, 6.45) is 3.16. The molecule has 0 radical (unpaired) electrons. The zero-order chi connectivity index (χ0) is 32.3. The van der Waals surface area contributed by atoms with Crippen LogP contribution in [-0.4, -0.2) is 77.9 Å². The summed E-state index contributed by atoms with van der Waals surface area (Å²) in [6.45, 7) is 4.77. The lowest BCUT2D eigenvalue weighted by atomic mass is 9.71. The average molecular weight is 648 g/mol. The molecule has 1 aromatic rings.